The van der Waals surface area contributed by atoms with Crippen molar-refractivity contribution in [3.63, 3.8) is 0 Å². The quantitative estimate of drug-likeness (QED) is 0.0435. The summed E-state index contributed by atoms with van der Waals surface area (Å²) in [5.41, 5.74) is 0. The van der Waals surface area contributed by atoms with E-state index < -0.39 is 12.1 Å². The van der Waals surface area contributed by atoms with Gasteiger partial charge < -0.3 is 15.5 Å². The van der Waals surface area contributed by atoms with Gasteiger partial charge in [0.2, 0.25) is 5.91 Å². The number of hydrogen-bond acceptors (Lipinski definition) is 3. The standard InChI is InChI=1S/C47H91NO3/c1-3-5-7-9-11-13-15-17-19-21-23-25-26-28-30-32-34-36-38-40-42-46(50)45(44-49)48-47(51)43-41-39-37-35-33-31-29-27-24-22-20-18-16-14-12-10-8-6-4-2/h12,14,16,18,45-46,49-50H,3-11,13,15,17,19-44H2,1-2H3,(H,48,51)/b14-12-,18-16-. The van der Waals surface area contributed by atoms with Crippen molar-refractivity contribution in [3.8, 4) is 0 Å². The van der Waals surface area contributed by atoms with Crippen molar-refractivity contribution >= 4 is 5.91 Å². The van der Waals surface area contributed by atoms with Crippen LogP contribution in [-0.2, 0) is 4.79 Å². The van der Waals surface area contributed by atoms with Crippen LogP contribution in [0.3, 0.4) is 0 Å². The van der Waals surface area contributed by atoms with Crippen molar-refractivity contribution in [2.75, 3.05) is 6.61 Å². The number of carbonyl (C=O) groups is 1. The predicted octanol–water partition coefficient (Wildman–Crippen LogP) is 14.4. The Balaban J connectivity index is 3.49. The van der Waals surface area contributed by atoms with Gasteiger partial charge in [0.05, 0.1) is 18.8 Å². The largest absolute Gasteiger partial charge is 0.394 e. The normalized spacial score (nSPS) is 13.1. The van der Waals surface area contributed by atoms with E-state index in [2.05, 4.69) is 43.5 Å². The number of unbranched alkanes of at least 4 members (excludes halogenated alkanes) is 32. The highest BCUT2D eigenvalue weighted by atomic mass is 16.3. The van der Waals surface area contributed by atoms with Gasteiger partial charge in [-0.3, -0.25) is 4.79 Å². The molecule has 0 heterocycles. The van der Waals surface area contributed by atoms with E-state index in [1.54, 1.807) is 0 Å². The molecule has 1 amide bonds. The molecule has 51 heavy (non-hydrogen) atoms. The van der Waals surface area contributed by atoms with E-state index in [1.165, 1.54) is 199 Å². The van der Waals surface area contributed by atoms with Gasteiger partial charge in [-0.25, -0.2) is 0 Å². The van der Waals surface area contributed by atoms with Crippen LogP contribution in [0.15, 0.2) is 24.3 Å². The lowest BCUT2D eigenvalue weighted by Gasteiger charge is -2.22. The van der Waals surface area contributed by atoms with Crippen LogP contribution in [-0.4, -0.2) is 34.9 Å². The van der Waals surface area contributed by atoms with Crippen LogP contribution < -0.4 is 5.32 Å². The zero-order valence-corrected chi connectivity index (χ0v) is 34.6. The second kappa shape index (κ2) is 43.3. The van der Waals surface area contributed by atoms with E-state index in [0.717, 1.165) is 25.7 Å². The fourth-order valence-corrected chi connectivity index (χ4v) is 7.18. The number of aliphatic hydroxyl groups is 2. The third-order valence-electron chi connectivity index (χ3n) is 10.7. The monoisotopic (exact) mass is 718 g/mol. The zero-order valence-electron chi connectivity index (χ0n) is 34.6. The Morgan fingerprint density at radius 2 is 0.784 bits per heavy atom. The Bertz CT molecular complexity index is 735. The number of hydrogen-bond donors (Lipinski definition) is 3. The summed E-state index contributed by atoms with van der Waals surface area (Å²) >= 11 is 0. The summed E-state index contributed by atoms with van der Waals surface area (Å²) in [6.07, 6.45) is 55.4. The molecular weight excluding hydrogens is 627 g/mol. The summed E-state index contributed by atoms with van der Waals surface area (Å²) in [6.45, 7) is 4.35. The second-order valence-electron chi connectivity index (χ2n) is 15.9. The molecule has 0 aliphatic rings. The minimum absolute atomic E-state index is 0.0329. The summed E-state index contributed by atoms with van der Waals surface area (Å²) in [7, 11) is 0. The van der Waals surface area contributed by atoms with Gasteiger partial charge in [-0.1, -0.05) is 231 Å². The molecule has 0 saturated carbocycles. The molecule has 0 aromatic heterocycles. The van der Waals surface area contributed by atoms with Gasteiger partial charge in [-0.15, -0.1) is 0 Å². The second-order valence-corrected chi connectivity index (χ2v) is 15.9. The Kier molecular flexibility index (Phi) is 42.3. The van der Waals surface area contributed by atoms with Gasteiger partial charge in [0.15, 0.2) is 0 Å². The SMILES string of the molecule is CCCCC/C=C\C=C/CCCCCCCCCCCCC(=O)NC(CO)C(O)CCCCCCCCCCCCCCCCCCCCCC. The Morgan fingerprint density at radius 3 is 1.18 bits per heavy atom. The van der Waals surface area contributed by atoms with E-state index in [9.17, 15) is 15.0 Å². The highest BCUT2D eigenvalue weighted by Gasteiger charge is 2.20. The molecule has 0 saturated heterocycles. The van der Waals surface area contributed by atoms with Gasteiger partial charge >= 0.3 is 0 Å². The highest BCUT2D eigenvalue weighted by Crippen LogP contribution is 2.16. The van der Waals surface area contributed by atoms with E-state index >= 15 is 0 Å². The topological polar surface area (TPSA) is 69.6 Å². The first-order chi connectivity index (χ1) is 25.2. The first-order valence-corrected chi connectivity index (χ1v) is 23.1. The van der Waals surface area contributed by atoms with Crippen molar-refractivity contribution in [1.82, 2.24) is 5.32 Å². The van der Waals surface area contributed by atoms with Crippen molar-refractivity contribution in [2.45, 2.75) is 264 Å². The molecule has 4 nitrogen and oxygen atoms in total. The maximum Gasteiger partial charge on any atom is 0.220 e. The number of nitrogens with one attached hydrogen (secondary N) is 1. The van der Waals surface area contributed by atoms with Gasteiger partial charge in [0.1, 0.15) is 0 Å². The molecule has 0 spiro atoms. The minimum Gasteiger partial charge on any atom is -0.394 e. The van der Waals surface area contributed by atoms with E-state index in [0.29, 0.717) is 12.8 Å². The number of aliphatic hydroxyl groups excluding tert-OH is 2. The molecule has 0 aromatic carbocycles. The minimum atomic E-state index is -0.659. The number of rotatable bonds is 42. The third kappa shape index (κ3) is 39.9. The molecule has 0 rings (SSSR count). The maximum atomic E-state index is 12.4. The summed E-state index contributed by atoms with van der Waals surface area (Å²) in [5, 5.41) is 23.2. The van der Waals surface area contributed by atoms with Crippen LogP contribution >= 0.6 is 0 Å². The van der Waals surface area contributed by atoms with Crippen LogP contribution in [0.2, 0.25) is 0 Å². The first-order valence-electron chi connectivity index (χ1n) is 23.1. The number of carbonyl (C=O) groups excluding carboxylic acids is 1. The smallest absolute Gasteiger partial charge is 0.220 e. The fraction of sp³-hybridized carbons (Fsp3) is 0.894. The lowest BCUT2D eigenvalue weighted by Crippen LogP contribution is -2.45. The average Bonchev–Trinajstić information content (AvgIpc) is 3.13. The van der Waals surface area contributed by atoms with E-state index in [4.69, 9.17) is 0 Å². The van der Waals surface area contributed by atoms with Crippen LogP contribution in [0.1, 0.15) is 251 Å². The molecular formula is C47H91NO3. The Morgan fingerprint density at radius 1 is 0.471 bits per heavy atom. The summed E-state index contributed by atoms with van der Waals surface area (Å²) < 4.78 is 0. The molecule has 0 aliphatic heterocycles. The number of amides is 1. The van der Waals surface area contributed by atoms with E-state index in [1.807, 2.05) is 0 Å². The summed E-state index contributed by atoms with van der Waals surface area (Å²) in [4.78, 5) is 12.4. The van der Waals surface area contributed by atoms with Crippen LogP contribution in [0, 0.1) is 0 Å². The van der Waals surface area contributed by atoms with Crippen LogP contribution in [0.5, 0.6) is 0 Å². The Labute approximate surface area is 319 Å². The van der Waals surface area contributed by atoms with E-state index in [-0.39, 0.29) is 12.5 Å². The molecule has 302 valence electrons. The molecule has 3 N–H and O–H groups in total. The molecule has 0 aliphatic carbocycles. The predicted molar refractivity (Wildman–Crippen MR) is 225 cm³/mol. The lowest BCUT2D eigenvalue weighted by atomic mass is 10.0. The summed E-state index contributed by atoms with van der Waals surface area (Å²) in [5.74, 6) is -0.0329. The molecule has 0 aromatic rings. The van der Waals surface area contributed by atoms with Crippen molar-refractivity contribution < 1.29 is 15.0 Å². The summed E-state index contributed by atoms with van der Waals surface area (Å²) in [6, 6.07) is -0.536. The molecule has 4 heteroatoms. The third-order valence-corrected chi connectivity index (χ3v) is 10.7. The van der Waals surface area contributed by atoms with Crippen molar-refractivity contribution in [1.29, 1.82) is 0 Å². The van der Waals surface area contributed by atoms with Crippen molar-refractivity contribution in [2.24, 2.45) is 0 Å². The van der Waals surface area contributed by atoms with Gasteiger partial charge in [-0.05, 0) is 38.5 Å². The average molecular weight is 718 g/mol. The molecule has 2 unspecified atom stereocenters. The molecule has 0 fully saturated rings. The molecule has 2 atom stereocenters. The lowest BCUT2D eigenvalue weighted by molar-refractivity contribution is -0.123. The van der Waals surface area contributed by atoms with Crippen molar-refractivity contribution in [3.05, 3.63) is 24.3 Å². The molecule has 0 radical (unpaired) electrons. The maximum absolute atomic E-state index is 12.4. The zero-order chi connectivity index (χ0) is 37.1. The van der Waals surface area contributed by atoms with Crippen LogP contribution in [0.25, 0.3) is 0 Å². The van der Waals surface area contributed by atoms with Gasteiger partial charge in [-0.2, -0.15) is 0 Å². The fourth-order valence-electron chi connectivity index (χ4n) is 7.18. The van der Waals surface area contributed by atoms with Gasteiger partial charge in [0, 0.05) is 6.42 Å². The molecule has 0 bridgehead atoms. The first kappa shape index (κ1) is 49.9. The Hall–Kier alpha value is -1.13. The highest BCUT2D eigenvalue weighted by molar-refractivity contribution is 5.76. The number of allylic oxidation sites excluding steroid dienone is 4. The van der Waals surface area contributed by atoms with Crippen LogP contribution in [0.4, 0.5) is 0 Å². The van der Waals surface area contributed by atoms with Gasteiger partial charge in [0.25, 0.3) is 0 Å².